The van der Waals surface area contributed by atoms with E-state index in [9.17, 15) is 26.3 Å². The molecule has 33 heavy (non-hydrogen) atoms. The van der Waals surface area contributed by atoms with Crippen LogP contribution in [0.4, 0.5) is 37.2 Å². The molecule has 0 amide bonds. The summed E-state index contributed by atoms with van der Waals surface area (Å²) in [7, 11) is 0. The number of thiazole rings is 1. The van der Waals surface area contributed by atoms with E-state index in [1.165, 1.54) is 24.3 Å². The zero-order valence-electron chi connectivity index (χ0n) is 16.3. The molecule has 0 spiro atoms. The second kappa shape index (κ2) is 10.3. The molecule has 2 N–H and O–H groups in total. The van der Waals surface area contributed by atoms with Gasteiger partial charge in [-0.05, 0) is 36.7 Å². The fraction of sp³-hybridized carbons (Fsp3) is 0.250. The largest absolute Gasteiger partial charge is 0.434 e. The number of halogens is 9. The summed E-state index contributed by atoms with van der Waals surface area (Å²) in [6.07, 6.45) is -8.97. The van der Waals surface area contributed by atoms with Crippen LogP contribution in [0.2, 0.25) is 15.1 Å². The number of alkyl halides is 6. The quantitative estimate of drug-likeness (QED) is 0.231. The van der Waals surface area contributed by atoms with E-state index in [0.29, 0.717) is 5.56 Å². The Kier molecular flexibility index (Phi) is 8.06. The minimum atomic E-state index is -4.71. The third kappa shape index (κ3) is 6.89. The number of nitrogens with zero attached hydrogens (tertiary/aromatic N) is 1. The molecular formula is C20H14Cl3F6N3S. The van der Waals surface area contributed by atoms with Crippen molar-refractivity contribution in [2.24, 2.45) is 0 Å². The van der Waals surface area contributed by atoms with Crippen molar-refractivity contribution in [3.63, 3.8) is 0 Å². The first-order chi connectivity index (χ1) is 15.3. The Morgan fingerprint density at radius 3 is 2.18 bits per heavy atom. The fourth-order valence-corrected chi connectivity index (χ4v) is 4.72. The molecule has 3 aromatic rings. The number of rotatable bonds is 7. The summed E-state index contributed by atoms with van der Waals surface area (Å²) in [6, 6.07) is 7.53. The van der Waals surface area contributed by atoms with Crippen LogP contribution >= 0.6 is 46.1 Å². The van der Waals surface area contributed by atoms with Crippen LogP contribution in [0, 0.1) is 0 Å². The first-order valence-electron chi connectivity index (χ1n) is 9.20. The van der Waals surface area contributed by atoms with Gasteiger partial charge >= 0.3 is 12.4 Å². The van der Waals surface area contributed by atoms with Crippen LogP contribution in [0.5, 0.6) is 0 Å². The molecule has 0 fully saturated rings. The van der Waals surface area contributed by atoms with Gasteiger partial charge in [0.2, 0.25) is 0 Å². The zero-order valence-corrected chi connectivity index (χ0v) is 19.4. The maximum absolute atomic E-state index is 13.5. The molecule has 0 unspecified atom stereocenters. The molecule has 3 rings (SSSR count). The van der Waals surface area contributed by atoms with Crippen molar-refractivity contribution >= 4 is 57.0 Å². The minimum Gasteiger partial charge on any atom is -0.329 e. The molecule has 1 aromatic heterocycles. The molecule has 2 aromatic carbocycles. The molecule has 0 atom stereocenters. The van der Waals surface area contributed by atoms with E-state index >= 15 is 0 Å². The highest BCUT2D eigenvalue weighted by atomic mass is 35.5. The fourth-order valence-electron chi connectivity index (χ4n) is 2.85. The van der Waals surface area contributed by atoms with Gasteiger partial charge in [-0.15, -0.1) is 0 Å². The van der Waals surface area contributed by atoms with Gasteiger partial charge in [-0.1, -0.05) is 64.3 Å². The van der Waals surface area contributed by atoms with Gasteiger partial charge in [0.15, 0.2) is 10.8 Å². The predicted octanol–water partition coefficient (Wildman–Crippen LogP) is 8.22. The Balaban J connectivity index is 1.70. The summed E-state index contributed by atoms with van der Waals surface area (Å²) >= 11 is 18.7. The number of nitrogens with one attached hydrogen (secondary N) is 2. The smallest absolute Gasteiger partial charge is 0.329 e. The third-order valence-electron chi connectivity index (χ3n) is 4.33. The van der Waals surface area contributed by atoms with Gasteiger partial charge < -0.3 is 10.6 Å². The number of hydrogen-bond donors (Lipinski definition) is 2. The van der Waals surface area contributed by atoms with Crippen molar-refractivity contribution in [1.29, 1.82) is 0 Å². The van der Waals surface area contributed by atoms with Crippen molar-refractivity contribution < 1.29 is 26.3 Å². The summed E-state index contributed by atoms with van der Waals surface area (Å²) < 4.78 is 78.8. The van der Waals surface area contributed by atoms with Gasteiger partial charge in [-0.25, -0.2) is 4.98 Å². The average molecular weight is 549 g/mol. The highest BCUT2D eigenvalue weighted by molar-refractivity contribution is 7.15. The lowest BCUT2D eigenvalue weighted by atomic mass is 10.1. The molecular weight excluding hydrogens is 535 g/mol. The lowest BCUT2D eigenvalue weighted by molar-refractivity contribution is -0.141. The van der Waals surface area contributed by atoms with Crippen LogP contribution in [0.15, 0.2) is 36.4 Å². The Hall–Kier alpha value is -1.72. The summed E-state index contributed by atoms with van der Waals surface area (Å²) in [5, 5.41) is 5.90. The predicted molar refractivity (Wildman–Crippen MR) is 119 cm³/mol. The summed E-state index contributed by atoms with van der Waals surface area (Å²) in [6.45, 7) is -0.0245. The van der Waals surface area contributed by atoms with E-state index in [-0.39, 0.29) is 50.3 Å². The molecule has 0 aliphatic rings. The summed E-state index contributed by atoms with van der Waals surface area (Å²) in [5.41, 5.74) is -1.29. The van der Waals surface area contributed by atoms with Crippen LogP contribution in [0.1, 0.15) is 21.7 Å². The minimum absolute atomic E-state index is 0.0804. The molecule has 0 bridgehead atoms. The number of benzene rings is 2. The second-order valence-corrected chi connectivity index (χ2v) is 9.12. The molecule has 1 heterocycles. The molecule has 0 aliphatic heterocycles. The monoisotopic (exact) mass is 547 g/mol. The molecule has 0 saturated carbocycles. The van der Waals surface area contributed by atoms with Gasteiger partial charge in [-0.3, -0.25) is 0 Å². The maximum atomic E-state index is 13.5. The van der Waals surface area contributed by atoms with Gasteiger partial charge in [0, 0.05) is 11.6 Å². The van der Waals surface area contributed by atoms with E-state index in [2.05, 4.69) is 15.6 Å². The van der Waals surface area contributed by atoms with Crippen molar-refractivity contribution in [1.82, 2.24) is 10.3 Å². The van der Waals surface area contributed by atoms with Gasteiger partial charge in [0.25, 0.3) is 0 Å². The number of aromatic nitrogens is 1. The van der Waals surface area contributed by atoms with Crippen molar-refractivity contribution in [2.75, 3.05) is 11.9 Å². The van der Waals surface area contributed by atoms with Crippen LogP contribution in [-0.2, 0) is 25.3 Å². The van der Waals surface area contributed by atoms with Crippen LogP contribution in [0.25, 0.3) is 0 Å². The molecule has 0 radical (unpaired) electrons. The molecule has 0 saturated heterocycles. The molecule has 13 heteroatoms. The van der Waals surface area contributed by atoms with Crippen molar-refractivity contribution in [2.45, 2.75) is 25.3 Å². The Morgan fingerprint density at radius 2 is 1.58 bits per heavy atom. The van der Waals surface area contributed by atoms with E-state index in [4.69, 9.17) is 34.8 Å². The average Bonchev–Trinajstić information content (AvgIpc) is 3.11. The second-order valence-electron chi connectivity index (χ2n) is 6.78. The van der Waals surface area contributed by atoms with Crippen molar-refractivity contribution in [3.05, 3.63) is 73.2 Å². The van der Waals surface area contributed by atoms with Crippen LogP contribution < -0.4 is 10.6 Å². The van der Waals surface area contributed by atoms with E-state index in [1.54, 1.807) is 0 Å². The molecule has 3 nitrogen and oxygen atoms in total. The SMILES string of the molecule is FC(F)(F)c1cccc(CCNCc2sc(Nc3c(Cl)cc(Cl)cc3Cl)nc2C(F)(F)F)c1. The number of anilines is 2. The van der Waals surface area contributed by atoms with Gasteiger partial charge in [-0.2, -0.15) is 26.3 Å². The van der Waals surface area contributed by atoms with E-state index in [1.807, 2.05) is 0 Å². The Morgan fingerprint density at radius 1 is 0.909 bits per heavy atom. The lowest BCUT2D eigenvalue weighted by Gasteiger charge is -2.10. The van der Waals surface area contributed by atoms with Crippen LogP contribution in [0.3, 0.4) is 0 Å². The van der Waals surface area contributed by atoms with E-state index in [0.717, 1.165) is 23.5 Å². The molecule has 0 aliphatic carbocycles. The third-order valence-corrected chi connectivity index (χ3v) is 6.12. The van der Waals surface area contributed by atoms with Gasteiger partial charge in [0.05, 0.1) is 26.2 Å². The summed E-state index contributed by atoms with van der Waals surface area (Å²) in [4.78, 5) is 3.52. The normalized spacial score (nSPS) is 12.3. The standard InChI is InChI=1S/C20H14Cl3F6N3S/c21-12-7-13(22)16(14(23)8-12)31-18-32-17(20(27,28)29)15(33-18)9-30-5-4-10-2-1-3-11(6-10)19(24,25)26/h1-3,6-8,30H,4-5,9H2,(H,31,32). The Bertz CT molecular complexity index is 1110. The number of hydrogen-bond acceptors (Lipinski definition) is 4. The van der Waals surface area contributed by atoms with Crippen LogP contribution in [-0.4, -0.2) is 11.5 Å². The molecule has 178 valence electrons. The van der Waals surface area contributed by atoms with E-state index < -0.39 is 23.6 Å². The lowest BCUT2D eigenvalue weighted by Crippen LogP contribution is -2.19. The highest BCUT2D eigenvalue weighted by Gasteiger charge is 2.37. The zero-order chi connectivity index (χ0) is 24.4. The van der Waals surface area contributed by atoms with Crippen molar-refractivity contribution in [3.8, 4) is 0 Å². The Labute approximate surface area is 203 Å². The topological polar surface area (TPSA) is 37.0 Å². The maximum Gasteiger partial charge on any atom is 0.434 e. The highest BCUT2D eigenvalue weighted by Crippen LogP contribution is 2.40. The first-order valence-corrected chi connectivity index (χ1v) is 11.1. The van der Waals surface area contributed by atoms with Gasteiger partial charge in [0.1, 0.15) is 0 Å². The first kappa shape index (κ1) is 25.9. The summed E-state index contributed by atoms with van der Waals surface area (Å²) in [5.74, 6) is 0.